The van der Waals surface area contributed by atoms with Crippen molar-refractivity contribution in [1.29, 1.82) is 0 Å². The van der Waals surface area contributed by atoms with Crippen LogP contribution in [0.25, 0.3) is 0 Å². The molecule has 3 aliphatic heterocycles. The van der Waals surface area contributed by atoms with Crippen LogP contribution >= 0.6 is 0 Å². The highest BCUT2D eigenvalue weighted by molar-refractivity contribution is 5.91. The quantitative estimate of drug-likeness (QED) is 0.225. The summed E-state index contributed by atoms with van der Waals surface area (Å²) < 4.78 is 19.7. The summed E-state index contributed by atoms with van der Waals surface area (Å²) in [4.78, 5) is 54.8. The Kier molecular flexibility index (Phi) is 18.3. The molecule has 3 rings (SSSR count). The second kappa shape index (κ2) is 21.3. The summed E-state index contributed by atoms with van der Waals surface area (Å²) in [6.45, 7) is 18.5. The van der Waals surface area contributed by atoms with Gasteiger partial charge >= 0.3 is 5.97 Å². The molecule has 0 aliphatic carbocycles. The lowest BCUT2D eigenvalue weighted by atomic mass is 9.72. The summed E-state index contributed by atoms with van der Waals surface area (Å²) in [5.41, 5.74) is -2.21. The molecule has 0 aromatic carbocycles. The molecule has 0 amide bonds. The van der Waals surface area contributed by atoms with Crippen LogP contribution in [0, 0.1) is 53.3 Å². The molecular weight excluding hydrogens is 744 g/mol. The minimum Gasteiger partial charge on any atom is -0.458 e. The van der Waals surface area contributed by atoms with Crippen LogP contribution in [0.3, 0.4) is 0 Å². The van der Waals surface area contributed by atoms with Gasteiger partial charge in [0.15, 0.2) is 11.6 Å². The lowest BCUT2D eigenvalue weighted by Crippen LogP contribution is -2.67. The van der Waals surface area contributed by atoms with Gasteiger partial charge in [0.1, 0.15) is 17.5 Å². The first-order valence-electron chi connectivity index (χ1n) is 21.7. The first kappa shape index (κ1) is 49.8. The molecule has 0 saturated carbocycles. The molecule has 3 aliphatic rings. The van der Waals surface area contributed by atoms with Gasteiger partial charge in [-0.2, -0.15) is 0 Å². The molecule has 0 aromatic rings. The molecule has 5 N–H and O–H groups in total. The lowest BCUT2D eigenvalue weighted by molar-refractivity contribution is -0.347. The van der Waals surface area contributed by atoms with Gasteiger partial charge < -0.3 is 39.7 Å². The number of aliphatic hydroxyl groups is 5. The molecule has 12 nitrogen and oxygen atoms in total. The third-order valence-electron chi connectivity index (χ3n) is 13.5. The highest BCUT2D eigenvalue weighted by atomic mass is 16.7. The minimum absolute atomic E-state index is 0.132. The van der Waals surface area contributed by atoms with Gasteiger partial charge in [0.05, 0.1) is 42.5 Å². The third-order valence-corrected chi connectivity index (χ3v) is 13.5. The van der Waals surface area contributed by atoms with E-state index in [0.717, 1.165) is 6.42 Å². The zero-order valence-electron chi connectivity index (χ0n) is 36.7. The van der Waals surface area contributed by atoms with Gasteiger partial charge in [-0.1, -0.05) is 92.7 Å². The Morgan fingerprint density at radius 3 is 2.07 bits per heavy atom. The molecule has 3 heterocycles. The smallest absolute Gasteiger partial charge is 0.330 e. The predicted molar refractivity (Wildman–Crippen MR) is 220 cm³/mol. The summed E-state index contributed by atoms with van der Waals surface area (Å²) in [6.07, 6.45) is 7.01. The highest BCUT2D eigenvalue weighted by Gasteiger charge is 2.61. The zero-order chi connectivity index (χ0) is 43.9. The van der Waals surface area contributed by atoms with Crippen molar-refractivity contribution in [3.8, 4) is 0 Å². The number of Topliss-reactive ketones (excluding diaryl/α,β-unsaturated/α-hetero) is 3. The Morgan fingerprint density at radius 2 is 1.47 bits per heavy atom. The van der Waals surface area contributed by atoms with E-state index < -0.39 is 107 Å². The summed E-state index contributed by atoms with van der Waals surface area (Å²) in [6, 6.07) is 0. The number of hydrogen-bond acceptors (Lipinski definition) is 12. The lowest BCUT2D eigenvalue weighted by Gasteiger charge is -2.54. The fourth-order valence-corrected chi connectivity index (χ4v) is 9.21. The molecule has 2 bridgehead atoms. The van der Waals surface area contributed by atoms with E-state index in [1.807, 2.05) is 39.0 Å². The van der Waals surface area contributed by atoms with E-state index in [0.29, 0.717) is 32.1 Å². The Hall–Kier alpha value is -2.58. The van der Waals surface area contributed by atoms with E-state index in [9.17, 15) is 44.7 Å². The van der Waals surface area contributed by atoms with Crippen LogP contribution in [-0.2, 0) is 33.4 Å². The molecule has 0 aromatic heterocycles. The molecule has 12 heteroatoms. The van der Waals surface area contributed by atoms with Crippen molar-refractivity contribution in [1.82, 2.24) is 0 Å². The third kappa shape index (κ3) is 11.4. The van der Waals surface area contributed by atoms with Crippen molar-refractivity contribution in [2.24, 2.45) is 53.3 Å². The summed E-state index contributed by atoms with van der Waals surface area (Å²) in [7, 11) is 0. The van der Waals surface area contributed by atoms with Crippen LogP contribution in [0.4, 0.5) is 0 Å². The van der Waals surface area contributed by atoms with Crippen molar-refractivity contribution in [2.75, 3.05) is 0 Å². The number of allylic oxidation sites excluding steroid dienone is 4. The van der Waals surface area contributed by atoms with Crippen LogP contribution in [0.1, 0.15) is 121 Å². The standard InChI is InChI=1S/C46H74O12/c1-12-33-18-16-14-15-17-26(4)43(53)45(11,55)44(54)32(10)41(52)31(9)40(51)30(8)39(50)25(3)19-22-38(49)56-42-29(7)35(21-20-33)57-46(34(42)13-2)37(48)23-27(5)36(58-46)24-28(6)47/h14-16,18-19,22,25-36,39,41-43,47,50,52-53,55H,12-13,17,20-21,23-24H2,1-11H3/b15-14+,18-16+,22-19+/t25-,26+,27-,28+,29?,30-,31-,32-,33-,34-,35-,36-,39+,41+,42+,43-,45+,46+/m0/s1. The first-order valence-corrected chi connectivity index (χ1v) is 21.7. The average molecular weight is 819 g/mol. The Balaban J connectivity index is 2.05. The van der Waals surface area contributed by atoms with Gasteiger partial charge in [-0.25, -0.2) is 4.79 Å². The number of rotatable bonds is 4. The van der Waals surface area contributed by atoms with Gasteiger partial charge in [0.25, 0.3) is 0 Å². The Bertz CT molecular complexity index is 1480. The maximum Gasteiger partial charge on any atom is 0.330 e. The molecule has 330 valence electrons. The zero-order valence-corrected chi connectivity index (χ0v) is 36.7. The Morgan fingerprint density at radius 1 is 0.828 bits per heavy atom. The van der Waals surface area contributed by atoms with Crippen LogP contribution in [0.5, 0.6) is 0 Å². The van der Waals surface area contributed by atoms with E-state index in [2.05, 4.69) is 13.0 Å². The molecular formula is C46H74O12. The molecule has 1 unspecified atom stereocenters. The number of esters is 1. The number of fused-ring (bicyclic) bond motifs is 2. The number of hydrogen-bond donors (Lipinski definition) is 5. The van der Waals surface area contributed by atoms with Crippen molar-refractivity contribution in [2.45, 2.75) is 175 Å². The van der Waals surface area contributed by atoms with Gasteiger partial charge in [-0.05, 0) is 70.1 Å². The molecule has 18 atom stereocenters. The van der Waals surface area contributed by atoms with E-state index in [1.54, 1.807) is 20.8 Å². The van der Waals surface area contributed by atoms with Crippen LogP contribution in [0.15, 0.2) is 36.5 Å². The van der Waals surface area contributed by atoms with E-state index in [-0.39, 0.29) is 30.0 Å². The molecule has 58 heavy (non-hydrogen) atoms. The van der Waals surface area contributed by atoms with Gasteiger partial charge in [0, 0.05) is 42.1 Å². The van der Waals surface area contributed by atoms with E-state index >= 15 is 0 Å². The average Bonchev–Trinajstić information content (AvgIpc) is 3.18. The second-order valence-corrected chi connectivity index (χ2v) is 18.1. The number of aliphatic hydroxyl groups excluding tert-OH is 4. The summed E-state index contributed by atoms with van der Waals surface area (Å²) in [5, 5.41) is 55.1. The summed E-state index contributed by atoms with van der Waals surface area (Å²) in [5.74, 6) is -9.45. The number of carbonyl (C=O) groups is 4. The monoisotopic (exact) mass is 819 g/mol. The van der Waals surface area contributed by atoms with Gasteiger partial charge in [-0.3, -0.25) is 14.4 Å². The Labute approximate surface area is 346 Å². The minimum atomic E-state index is -2.21. The van der Waals surface area contributed by atoms with Crippen LogP contribution in [-0.4, -0.2) is 103 Å². The summed E-state index contributed by atoms with van der Waals surface area (Å²) >= 11 is 0. The van der Waals surface area contributed by atoms with Crippen molar-refractivity contribution >= 4 is 23.3 Å². The van der Waals surface area contributed by atoms with E-state index in [1.165, 1.54) is 39.8 Å². The normalized spacial score (nSPS) is 45.6. The van der Waals surface area contributed by atoms with Crippen molar-refractivity contribution in [3.05, 3.63) is 36.5 Å². The van der Waals surface area contributed by atoms with E-state index in [4.69, 9.17) is 14.2 Å². The topological polar surface area (TPSA) is 197 Å². The van der Waals surface area contributed by atoms with Crippen LogP contribution < -0.4 is 0 Å². The molecule has 0 radical (unpaired) electrons. The number of ketones is 3. The second-order valence-electron chi connectivity index (χ2n) is 18.1. The largest absolute Gasteiger partial charge is 0.458 e. The molecule has 1 spiro atoms. The fourth-order valence-electron chi connectivity index (χ4n) is 9.21. The maximum absolute atomic E-state index is 14.1. The SMILES string of the molecule is CC[C@H]1/C=C/C=C/C[C@@H](C)[C@H](O)[C@@](C)(O)C(=O)[C@@H](C)[C@H](O)[C@@H](C)C(=O)[C@@H](C)[C@H](O)[C@@H](C)/C=C/C(=O)O[C@@H]2C(C)[C@H](CC1)O[C@@]1(O[C@@H](C[C@@H](C)O)[C@@H](C)CC1=O)[C@H]2CC. The molecule has 2 fully saturated rings. The van der Waals surface area contributed by atoms with Crippen molar-refractivity contribution in [3.63, 3.8) is 0 Å². The fraction of sp³-hybridized carbons (Fsp3) is 0.783. The molecule has 2 saturated heterocycles. The predicted octanol–water partition coefficient (Wildman–Crippen LogP) is 5.45. The van der Waals surface area contributed by atoms with Crippen molar-refractivity contribution < 1.29 is 58.9 Å². The highest BCUT2D eigenvalue weighted by Crippen LogP contribution is 2.48. The number of ether oxygens (including phenoxy) is 3. The first-order chi connectivity index (χ1) is 27.0. The van der Waals surface area contributed by atoms with Gasteiger partial charge in [0.2, 0.25) is 5.79 Å². The van der Waals surface area contributed by atoms with Crippen LogP contribution in [0.2, 0.25) is 0 Å². The maximum atomic E-state index is 14.1. The number of carbonyl (C=O) groups excluding carboxylic acids is 4. The van der Waals surface area contributed by atoms with Gasteiger partial charge in [-0.15, -0.1) is 0 Å².